The van der Waals surface area contributed by atoms with Crippen LogP contribution in [0.1, 0.15) is 19.3 Å². The van der Waals surface area contributed by atoms with Crippen molar-refractivity contribution in [2.24, 2.45) is 0 Å². The highest BCUT2D eigenvalue weighted by Gasteiger charge is 2.41. The van der Waals surface area contributed by atoms with Crippen molar-refractivity contribution < 1.29 is 14.3 Å². The smallest absolute Gasteiger partial charge is 0.319 e. The molecule has 1 aliphatic heterocycles. The SMILES string of the molecule is O=C(O)C1(CCF)CCCS1. The van der Waals surface area contributed by atoms with Gasteiger partial charge < -0.3 is 5.11 Å². The maximum Gasteiger partial charge on any atom is 0.319 e. The third kappa shape index (κ3) is 1.67. The number of aliphatic carboxylic acids is 1. The summed E-state index contributed by atoms with van der Waals surface area (Å²) in [5.41, 5.74) is 0. The number of alkyl halides is 1. The van der Waals surface area contributed by atoms with Gasteiger partial charge in [-0.3, -0.25) is 9.18 Å². The van der Waals surface area contributed by atoms with Crippen LogP contribution in [0.2, 0.25) is 0 Å². The lowest BCUT2D eigenvalue weighted by atomic mass is 10.0. The number of carbonyl (C=O) groups is 1. The van der Waals surface area contributed by atoms with Crippen molar-refractivity contribution in [1.82, 2.24) is 0 Å². The molecule has 1 atom stereocenters. The summed E-state index contributed by atoms with van der Waals surface area (Å²) in [5, 5.41) is 8.81. The van der Waals surface area contributed by atoms with Crippen molar-refractivity contribution in [2.45, 2.75) is 24.0 Å². The number of rotatable bonds is 3. The van der Waals surface area contributed by atoms with Gasteiger partial charge in [-0.05, 0) is 18.6 Å². The van der Waals surface area contributed by atoms with Gasteiger partial charge in [0.2, 0.25) is 0 Å². The Morgan fingerprint density at radius 2 is 2.45 bits per heavy atom. The van der Waals surface area contributed by atoms with Crippen LogP contribution in [-0.4, -0.2) is 28.3 Å². The van der Waals surface area contributed by atoms with Crippen molar-refractivity contribution in [3.8, 4) is 0 Å². The minimum atomic E-state index is -0.849. The number of hydrogen-bond donors (Lipinski definition) is 1. The third-order valence-electron chi connectivity index (χ3n) is 1.99. The average molecular weight is 178 g/mol. The Morgan fingerprint density at radius 1 is 1.73 bits per heavy atom. The highest BCUT2D eigenvalue weighted by Crippen LogP contribution is 2.41. The molecule has 0 aromatic carbocycles. The van der Waals surface area contributed by atoms with E-state index in [1.807, 2.05) is 0 Å². The van der Waals surface area contributed by atoms with Crippen molar-refractivity contribution in [3.05, 3.63) is 0 Å². The monoisotopic (exact) mass is 178 g/mol. The van der Waals surface area contributed by atoms with Crippen LogP contribution in [0.15, 0.2) is 0 Å². The molecule has 1 fully saturated rings. The van der Waals surface area contributed by atoms with Gasteiger partial charge in [0.05, 0.1) is 6.67 Å². The predicted molar refractivity (Wildman–Crippen MR) is 42.7 cm³/mol. The highest BCUT2D eigenvalue weighted by molar-refractivity contribution is 8.01. The molecule has 0 spiro atoms. The number of hydrogen-bond acceptors (Lipinski definition) is 2. The normalized spacial score (nSPS) is 30.6. The van der Waals surface area contributed by atoms with E-state index in [1.54, 1.807) is 0 Å². The Balaban J connectivity index is 2.62. The first-order valence-corrected chi connectivity index (χ1v) is 4.63. The standard InChI is InChI=1S/C7H11FO2S/c8-4-3-7(6(9)10)2-1-5-11-7/h1-5H2,(H,9,10). The Bertz CT molecular complexity index is 155. The number of carboxylic acid groups (broad SMARTS) is 1. The average Bonchev–Trinajstić information content (AvgIpc) is 2.38. The van der Waals surface area contributed by atoms with Gasteiger partial charge in [0.25, 0.3) is 0 Å². The van der Waals surface area contributed by atoms with Crippen molar-refractivity contribution in [3.63, 3.8) is 0 Å². The Labute approximate surface area is 69.2 Å². The number of thioether (sulfide) groups is 1. The van der Waals surface area contributed by atoms with Crippen LogP contribution in [0, 0.1) is 0 Å². The minimum absolute atomic E-state index is 0.160. The molecule has 4 heteroatoms. The largest absolute Gasteiger partial charge is 0.480 e. The first-order valence-electron chi connectivity index (χ1n) is 3.64. The van der Waals surface area contributed by atoms with Gasteiger partial charge in [0.15, 0.2) is 0 Å². The number of halogens is 1. The lowest BCUT2D eigenvalue weighted by molar-refractivity contribution is -0.140. The zero-order valence-electron chi connectivity index (χ0n) is 6.18. The molecule has 1 rings (SSSR count). The van der Waals surface area contributed by atoms with Crippen LogP contribution in [0.5, 0.6) is 0 Å². The van der Waals surface area contributed by atoms with Crippen LogP contribution in [-0.2, 0) is 4.79 Å². The van der Waals surface area contributed by atoms with Gasteiger partial charge in [-0.2, -0.15) is 0 Å². The summed E-state index contributed by atoms with van der Waals surface area (Å²) in [4.78, 5) is 10.7. The highest BCUT2D eigenvalue weighted by atomic mass is 32.2. The zero-order chi connectivity index (χ0) is 8.32. The predicted octanol–water partition coefficient (Wildman–Crippen LogP) is 1.70. The molecule has 2 nitrogen and oxygen atoms in total. The first-order chi connectivity index (χ1) is 5.21. The van der Waals surface area contributed by atoms with Crippen LogP contribution >= 0.6 is 11.8 Å². The molecule has 1 unspecified atom stereocenters. The molecular weight excluding hydrogens is 167 g/mol. The molecule has 11 heavy (non-hydrogen) atoms. The van der Waals surface area contributed by atoms with Gasteiger partial charge in [0.1, 0.15) is 4.75 Å². The van der Waals surface area contributed by atoms with E-state index in [0.717, 1.165) is 12.2 Å². The van der Waals surface area contributed by atoms with Crippen molar-refractivity contribution in [2.75, 3.05) is 12.4 Å². The van der Waals surface area contributed by atoms with Crippen LogP contribution in [0.25, 0.3) is 0 Å². The molecular formula is C7H11FO2S. The fourth-order valence-electron chi connectivity index (χ4n) is 1.32. The number of carboxylic acids is 1. The summed E-state index contributed by atoms with van der Waals surface area (Å²) in [6.07, 6.45) is 1.68. The molecule has 0 aromatic rings. The molecule has 0 aliphatic carbocycles. The second-order valence-corrected chi connectivity index (χ2v) is 4.17. The van der Waals surface area contributed by atoms with Gasteiger partial charge in [0, 0.05) is 6.42 Å². The zero-order valence-corrected chi connectivity index (χ0v) is 6.99. The second kappa shape index (κ2) is 3.43. The van der Waals surface area contributed by atoms with E-state index in [4.69, 9.17) is 5.11 Å². The minimum Gasteiger partial charge on any atom is -0.480 e. The van der Waals surface area contributed by atoms with E-state index in [2.05, 4.69) is 0 Å². The summed E-state index contributed by atoms with van der Waals surface area (Å²) < 4.78 is 11.2. The van der Waals surface area contributed by atoms with Crippen LogP contribution in [0.4, 0.5) is 4.39 Å². The maximum atomic E-state index is 12.0. The Morgan fingerprint density at radius 3 is 2.82 bits per heavy atom. The molecule has 1 saturated heterocycles. The summed E-state index contributed by atoms with van der Waals surface area (Å²) >= 11 is 1.38. The van der Waals surface area contributed by atoms with E-state index in [1.165, 1.54) is 11.8 Å². The second-order valence-electron chi connectivity index (χ2n) is 2.69. The quantitative estimate of drug-likeness (QED) is 0.714. The summed E-state index contributed by atoms with van der Waals surface area (Å²) in [6, 6.07) is 0. The molecule has 64 valence electrons. The van der Waals surface area contributed by atoms with Gasteiger partial charge in [-0.15, -0.1) is 11.8 Å². The molecule has 0 bridgehead atoms. The summed E-state index contributed by atoms with van der Waals surface area (Å²) in [7, 11) is 0. The van der Waals surface area contributed by atoms with Gasteiger partial charge in [-0.1, -0.05) is 0 Å². The first kappa shape index (κ1) is 8.84. The molecule has 1 N–H and O–H groups in total. The molecule has 0 amide bonds. The molecule has 0 radical (unpaired) electrons. The molecule has 0 saturated carbocycles. The van der Waals surface area contributed by atoms with E-state index >= 15 is 0 Å². The van der Waals surface area contributed by atoms with Crippen molar-refractivity contribution >= 4 is 17.7 Å². The maximum absolute atomic E-state index is 12.0. The van der Waals surface area contributed by atoms with E-state index in [9.17, 15) is 9.18 Å². The summed E-state index contributed by atoms with van der Waals surface area (Å²) in [5.74, 6) is 0.00407. The lowest BCUT2D eigenvalue weighted by Gasteiger charge is -2.20. The Hall–Kier alpha value is -0.250. The topological polar surface area (TPSA) is 37.3 Å². The molecule has 0 aromatic heterocycles. The van der Waals surface area contributed by atoms with E-state index in [-0.39, 0.29) is 6.42 Å². The van der Waals surface area contributed by atoms with E-state index < -0.39 is 17.4 Å². The van der Waals surface area contributed by atoms with E-state index in [0.29, 0.717) is 6.42 Å². The molecule has 1 heterocycles. The van der Waals surface area contributed by atoms with Crippen molar-refractivity contribution in [1.29, 1.82) is 0 Å². The van der Waals surface area contributed by atoms with Gasteiger partial charge >= 0.3 is 5.97 Å². The van der Waals surface area contributed by atoms with Crippen LogP contribution < -0.4 is 0 Å². The fourth-order valence-corrected chi connectivity index (χ4v) is 2.64. The summed E-state index contributed by atoms with van der Waals surface area (Å²) in [6.45, 7) is -0.528. The van der Waals surface area contributed by atoms with Crippen LogP contribution in [0.3, 0.4) is 0 Å². The lowest BCUT2D eigenvalue weighted by Crippen LogP contribution is -2.32. The fraction of sp³-hybridized carbons (Fsp3) is 0.857. The molecule has 1 aliphatic rings. The Kier molecular flexibility index (Phi) is 2.76. The van der Waals surface area contributed by atoms with Gasteiger partial charge in [-0.25, -0.2) is 0 Å². The third-order valence-corrected chi connectivity index (χ3v) is 3.62.